The number of carbonyl (C=O) groups is 2. The number of Topliss-reactive ketones (excluding diaryl/α,β-unsaturated/α-hetero) is 1. The number of fused-ring (bicyclic) bond motifs is 1. The molecule has 0 aliphatic carbocycles. The first-order valence-corrected chi connectivity index (χ1v) is 11.9. The Balaban J connectivity index is 1.41. The number of halogens is 1. The van der Waals surface area contributed by atoms with Crippen LogP contribution >= 0.6 is 15.9 Å². The minimum Gasteiger partial charge on any atom is -0.496 e. The third-order valence-electron chi connectivity index (χ3n) is 5.54. The largest absolute Gasteiger partial charge is 0.496 e. The first kappa shape index (κ1) is 23.4. The third-order valence-corrected chi connectivity index (χ3v) is 6.03. The molecule has 1 aliphatic heterocycles. The van der Waals surface area contributed by atoms with Gasteiger partial charge in [0.2, 0.25) is 5.78 Å². The summed E-state index contributed by atoms with van der Waals surface area (Å²) in [6.45, 7) is 0. The quantitative estimate of drug-likeness (QED) is 0.246. The average Bonchev–Trinajstić information content (AvgIpc) is 3.20. The van der Waals surface area contributed by atoms with Gasteiger partial charge in [0.05, 0.1) is 24.0 Å². The van der Waals surface area contributed by atoms with Crippen LogP contribution in [0.5, 0.6) is 17.2 Å². The van der Waals surface area contributed by atoms with E-state index >= 15 is 0 Å². The second-order valence-corrected chi connectivity index (χ2v) is 8.77. The fourth-order valence-corrected chi connectivity index (χ4v) is 4.23. The van der Waals surface area contributed by atoms with E-state index in [4.69, 9.17) is 14.2 Å². The molecule has 0 aromatic heterocycles. The number of ether oxygens (including phenoxy) is 3. The molecule has 4 aromatic carbocycles. The van der Waals surface area contributed by atoms with E-state index in [-0.39, 0.29) is 17.3 Å². The van der Waals surface area contributed by atoms with Crippen LogP contribution in [0.3, 0.4) is 0 Å². The van der Waals surface area contributed by atoms with Gasteiger partial charge in [-0.1, -0.05) is 52.3 Å². The van der Waals surface area contributed by atoms with E-state index in [0.29, 0.717) is 34.0 Å². The molecule has 36 heavy (non-hydrogen) atoms. The van der Waals surface area contributed by atoms with E-state index in [2.05, 4.69) is 15.9 Å². The number of ketones is 1. The number of hydrogen-bond acceptors (Lipinski definition) is 5. The summed E-state index contributed by atoms with van der Waals surface area (Å²) in [6.07, 6.45) is 1.04. The third kappa shape index (κ3) is 4.74. The molecule has 0 saturated carbocycles. The fraction of sp³-hybridized carbons (Fsp3) is 0.0345. The molecule has 0 bridgehead atoms. The van der Waals surface area contributed by atoms with E-state index in [1.54, 1.807) is 31.4 Å². The van der Waals surface area contributed by atoms with Gasteiger partial charge in [-0.2, -0.15) is 0 Å². The van der Waals surface area contributed by atoms with E-state index in [1.165, 1.54) is 11.0 Å². The number of anilines is 2. The molecule has 6 nitrogen and oxygen atoms in total. The molecule has 0 spiro atoms. The molecule has 1 aliphatic rings. The zero-order chi connectivity index (χ0) is 25.1. The highest BCUT2D eigenvalue weighted by atomic mass is 79.9. The topological polar surface area (TPSA) is 65.1 Å². The Kier molecular flexibility index (Phi) is 6.56. The lowest BCUT2D eigenvalue weighted by atomic mass is 10.1. The van der Waals surface area contributed by atoms with E-state index < -0.39 is 6.09 Å². The fourth-order valence-electron chi connectivity index (χ4n) is 3.85. The maximum atomic E-state index is 13.3. The Labute approximate surface area is 216 Å². The van der Waals surface area contributed by atoms with Gasteiger partial charge in [0, 0.05) is 16.1 Å². The van der Waals surface area contributed by atoms with Gasteiger partial charge < -0.3 is 14.2 Å². The predicted molar refractivity (Wildman–Crippen MR) is 141 cm³/mol. The standard InChI is InChI=1S/C29H20BrNO5/c1-34-25-15-12-20(30)16-19(25)17-27-28(32)24-14-13-23(18-26(24)36-27)35-29(33)31(21-8-4-2-5-9-21)22-10-6-3-7-11-22/h2-18H,1H3/b27-17-. The van der Waals surface area contributed by atoms with E-state index in [1.807, 2.05) is 72.8 Å². The molecule has 4 aromatic rings. The maximum Gasteiger partial charge on any atom is 0.424 e. The normalized spacial score (nSPS) is 13.2. The molecule has 0 atom stereocenters. The molecular formula is C29H20BrNO5. The van der Waals surface area contributed by atoms with Crippen molar-refractivity contribution in [1.82, 2.24) is 0 Å². The van der Waals surface area contributed by atoms with Crippen molar-refractivity contribution >= 4 is 45.3 Å². The molecule has 1 heterocycles. The van der Waals surface area contributed by atoms with Crippen molar-refractivity contribution < 1.29 is 23.8 Å². The van der Waals surface area contributed by atoms with Crippen molar-refractivity contribution in [2.24, 2.45) is 0 Å². The summed E-state index contributed by atoms with van der Waals surface area (Å²) in [4.78, 5) is 27.7. The van der Waals surface area contributed by atoms with Crippen LogP contribution < -0.4 is 19.1 Å². The predicted octanol–water partition coefficient (Wildman–Crippen LogP) is 7.41. The van der Waals surface area contributed by atoms with Crippen LogP contribution in [-0.2, 0) is 0 Å². The van der Waals surface area contributed by atoms with Crippen LogP contribution in [0.1, 0.15) is 15.9 Å². The van der Waals surface area contributed by atoms with Crippen molar-refractivity contribution in [2.45, 2.75) is 0 Å². The Bertz CT molecular complexity index is 1430. The van der Waals surface area contributed by atoms with Gasteiger partial charge >= 0.3 is 6.09 Å². The maximum absolute atomic E-state index is 13.3. The highest BCUT2D eigenvalue weighted by Crippen LogP contribution is 2.37. The molecule has 0 fully saturated rings. The van der Waals surface area contributed by atoms with Gasteiger partial charge in [-0.3, -0.25) is 4.79 Å². The summed E-state index contributed by atoms with van der Waals surface area (Å²) in [6, 6.07) is 28.6. The van der Waals surface area contributed by atoms with Crippen molar-refractivity contribution in [2.75, 3.05) is 12.0 Å². The van der Waals surface area contributed by atoms with Crippen molar-refractivity contribution in [1.29, 1.82) is 0 Å². The van der Waals surface area contributed by atoms with Gasteiger partial charge in [0.15, 0.2) is 5.76 Å². The average molecular weight is 542 g/mol. The molecule has 0 radical (unpaired) electrons. The van der Waals surface area contributed by atoms with Crippen LogP contribution in [-0.4, -0.2) is 19.0 Å². The Morgan fingerprint density at radius 1 is 0.889 bits per heavy atom. The second kappa shape index (κ2) is 10.1. The number of allylic oxidation sites excluding steroid dienone is 1. The van der Waals surface area contributed by atoms with Crippen molar-refractivity contribution in [3.8, 4) is 17.2 Å². The Hall–Kier alpha value is -4.36. The van der Waals surface area contributed by atoms with Crippen LogP contribution in [0.4, 0.5) is 16.2 Å². The summed E-state index contributed by atoms with van der Waals surface area (Å²) in [5.41, 5.74) is 2.40. The highest BCUT2D eigenvalue weighted by Gasteiger charge is 2.29. The lowest BCUT2D eigenvalue weighted by molar-refractivity contribution is 0.101. The van der Waals surface area contributed by atoms with E-state index in [0.717, 1.165) is 4.47 Å². The molecule has 0 unspecified atom stereocenters. The molecule has 1 amide bonds. The molecule has 0 N–H and O–H groups in total. The van der Waals surface area contributed by atoms with Crippen molar-refractivity contribution in [3.05, 3.63) is 118 Å². The number of hydrogen-bond donors (Lipinski definition) is 0. The zero-order valence-electron chi connectivity index (χ0n) is 19.2. The first-order chi connectivity index (χ1) is 17.5. The smallest absolute Gasteiger partial charge is 0.424 e. The number of nitrogens with zero attached hydrogens (tertiary/aromatic N) is 1. The zero-order valence-corrected chi connectivity index (χ0v) is 20.8. The van der Waals surface area contributed by atoms with E-state index in [9.17, 15) is 9.59 Å². The number of rotatable bonds is 5. The van der Waals surface area contributed by atoms with Gasteiger partial charge in [-0.05, 0) is 60.7 Å². The number of para-hydroxylation sites is 2. The summed E-state index contributed by atoms with van der Waals surface area (Å²) in [5, 5.41) is 0. The van der Waals surface area contributed by atoms with Gasteiger partial charge in [0.25, 0.3) is 0 Å². The minimum atomic E-state index is -0.591. The lowest BCUT2D eigenvalue weighted by Gasteiger charge is -2.22. The Morgan fingerprint density at radius 3 is 2.19 bits per heavy atom. The number of benzene rings is 4. The highest BCUT2D eigenvalue weighted by molar-refractivity contribution is 9.10. The summed E-state index contributed by atoms with van der Waals surface area (Å²) < 4.78 is 17.8. The number of carbonyl (C=O) groups excluding carboxylic acids is 2. The SMILES string of the molecule is COc1ccc(Br)cc1/C=C1\Oc2cc(OC(=O)N(c3ccccc3)c3ccccc3)ccc2C1=O. The molecule has 0 saturated heterocycles. The summed E-state index contributed by atoms with van der Waals surface area (Å²) in [5.74, 6) is 1.07. The summed E-state index contributed by atoms with van der Waals surface area (Å²) in [7, 11) is 1.56. The lowest BCUT2D eigenvalue weighted by Crippen LogP contribution is -2.29. The monoisotopic (exact) mass is 541 g/mol. The number of methoxy groups -OCH3 is 1. The molecular weight excluding hydrogens is 522 g/mol. The van der Waals surface area contributed by atoms with Crippen LogP contribution in [0, 0.1) is 0 Å². The van der Waals surface area contributed by atoms with Crippen molar-refractivity contribution in [3.63, 3.8) is 0 Å². The minimum absolute atomic E-state index is 0.153. The molecule has 178 valence electrons. The second-order valence-electron chi connectivity index (χ2n) is 7.86. The molecule has 7 heteroatoms. The number of amides is 1. The van der Waals surface area contributed by atoms with Gasteiger partial charge in [-0.15, -0.1) is 0 Å². The summed E-state index contributed by atoms with van der Waals surface area (Å²) >= 11 is 3.43. The first-order valence-electron chi connectivity index (χ1n) is 11.1. The Morgan fingerprint density at radius 2 is 1.56 bits per heavy atom. The van der Waals surface area contributed by atoms with Gasteiger partial charge in [0.1, 0.15) is 17.2 Å². The van der Waals surface area contributed by atoms with Crippen LogP contribution in [0.25, 0.3) is 6.08 Å². The van der Waals surface area contributed by atoms with Gasteiger partial charge in [-0.25, -0.2) is 9.69 Å². The molecule has 5 rings (SSSR count). The van der Waals surface area contributed by atoms with Crippen LogP contribution in [0.15, 0.2) is 107 Å². The van der Waals surface area contributed by atoms with Crippen LogP contribution in [0.2, 0.25) is 0 Å².